The van der Waals surface area contributed by atoms with Crippen LogP contribution in [0, 0.1) is 5.92 Å². The van der Waals surface area contributed by atoms with Crippen molar-refractivity contribution in [2.24, 2.45) is 5.92 Å². The minimum atomic E-state index is -1.10. The third kappa shape index (κ3) is 3.10. The molecule has 2 aromatic heterocycles. The zero-order chi connectivity index (χ0) is 14.9. The molecule has 0 aliphatic rings. The van der Waals surface area contributed by atoms with Crippen LogP contribution in [0.1, 0.15) is 13.8 Å². The van der Waals surface area contributed by atoms with Crippen LogP contribution in [-0.4, -0.2) is 25.4 Å². The van der Waals surface area contributed by atoms with E-state index >= 15 is 0 Å². The van der Waals surface area contributed by atoms with Crippen molar-refractivity contribution < 1.29 is 9.90 Å². The maximum absolute atomic E-state index is 12.2. The summed E-state index contributed by atoms with van der Waals surface area (Å²) >= 11 is 7.21. The Bertz CT molecular complexity index is 686. The van der Waals surface area contributed by atoms with Crippen LogP contribution in [0.25, 0.3) is 10.7 Å². The number of carboxylic acids is 1. The van der Waals surface area contributed by atoms with E-state index in [2.05, 4.69) is 5.10 Å². The van der Waals surface area contributed by atoms with Crippen molar-refractivity contribution >= 4 is 28.9 Å². The van der Waals surface area contributed by atoms with Crippen molar-refractivity contribution in [2.75, 3.05) is 0 Å². The fraction of sp³-hybridized carbons (Fsp3) is 0.417. The molecule has 0 atom stereocenters. The molecule has 0 aromatic carbocycles. The van der Waals surface area contributed by atoms with Gasteiger partial charge in [-0.25, -0.2) is 9.48 Å². The van der Waals surface area contributed by atoms with Gasteiger partial charge in [0.1, 0.15) is 6.54 Å². The maximum Gasteiger partial charge on any atom is 0.346 e. The Morgan fingerprint density at radius 2 is 2.20 bits per heavy atom. The quantitative estimate of drug-likeness (QED) is 0.917. The first kappa shape index (κ1) is 14.8. The summed E-state index contributed by atoms with van der Waals surface area (Å²) in [6.45, 7) is 3.98. The van der Waals surface area contributed by atoms with Crippen molar-refractivity contribution in [2.45, 2.75) is 26.9 Å². The molecule has 2 rings (SSSR count). The van der Waals surface area contributed by atoms with Gasteiger partial charge >= 0.3 is 11.7 Å². The number of rotatable bonds is 5. The molecule has 108 valence electrons. The molecule has 2 aromatic rings. The normalized spacial score (nSPS) is 11.2. The van der Waals surface area contributed by atoms with Gasteiger partial charge in [-0.3, -0.25) is 9.36 Å². The minimum Gasteiger partial charge on any atom is -0.480 e. The van der Waals surface area contributed by atoms with E-state index in [1.54, 1.807) is 12.1 Å². The lowest BCUT2D eigenvalue weighted by Gasteiger charge is -2.06. The average Bonchev–Trinajstić information content (AvgIpc) is 2.87. The molecule has 6 nitrogen and oxygen atoms in total. The van der Waals surface area contributed by atoms with Crippen LogP contribution in [0.3, 0.4) is 0 Å². The minimum absolute atomic E-state index is 0.240. The third-order valence-corrected chi connectivity index (χ3v) is 3.78. The Morgan fingerprint density at radius 3 is 2.70 bits per heavy atom. The second-order valence-electron chi connectivity index (χ2n) is 4.77. The summed E-state index contributed by atoms with van der Waals surface area (Å²) in [6.07, 6.45) is 0. The van der Waals surface area contributed by atoms with Crippen LogP contribution in [0.15, 0.2) is 16.9 Å². The number of carboxylic acid groups (broad SMARTS) is 1. The highest BCUT2D eigenvalue weighted by Crippen LogP contribution is 2.29. The van der Waals surface area contributed by atoms with Crippen molar-refractivity contribution in [1.29, 1.82) is 0 Å². The lowest BCUT2D eigenvalue weighted by Crippen LogP contribution is -2.28. The standard InChI is InChI=1S/C12H14ClN3O3S/c1-7(2)5-15-11(8-3-4-9(13)20-8)14-16(12(15)19)6-10(17)18/h3-4,7H,5-6H2,1-2H3,(H,17,18). The summed E-state index contributed by atoms with van der Waals surface area (Å²) in [5.41, 5.74) is -0.416. The van der Waals surface area contributed by atoms with Gasteiger partial charge in [-0.05, 0) is 18.1 Å². The van der Waals surface area contributed by atoms with Crippen LogP contribution in [0.4, 0.5) is 0 Å². The van der Waals surface area contributed by atoms with Crippen molar-refractivity contribution in [3.05, 3.63) is 27.0 Å². The average molecular weight is 316 g/mol. The summed E-state index contributed by atoms with van der Waals surface area (Å²) in [5.74, 6) is -0.400. The topological polar surface area (TPSA) is 77.1 Å². The molecule has 0 fully saturated rings. The van der Waals surface area contributed by atoms with E-state index in [4.69, 9.17) is 16.7 Å². The number of aromatic nitrogens is 3. The molecule has 0 amide bonds. The van der Waals surface area contributed by atoms with Gasteiger partial charge in [-0.1, -0.05) is 25.4 Å². The molecule has 8 heteroatoms. The molecule has 0 saturated carbocycles. The van der Waals surface area contributed by atoms with E-state index in [9.17, 15) is 9.59 Å². The number of halogens is 1. The molecular weight excluding hydrogens is 302 g/mol. The van der Waals surface area contributed by atoms with Gasteiger partial charge in [0.05, 0.1) is 9.21 Å². The Morgan fingerprint density at radius 1 is 1.50 bits per heavy atom. The highest BCUT2D eigenvalue weighted by atomic mass is 35.5. The molecule has 0 aliphatic carbocycles. The van der Waals surface area contributed by atoms with Crippen LogP contribution in [0.2, 0.25) is 4.34 Å². The molecule has 2 heterocycles. The lowest BCUT2D eigenvalue weighted by molar-refractivity contribution is -0.137. The number of nitrogens with zero attached hydrogens (tertiary/aromatic N) is 3. The van der Waals surface area contributed by atoms with Crippen LogP contribution >= 0.6 is 22.9 Å². The second-order valence-corrected chi connectivity index (χ2v) is 6.48. The first-order valence-electron chi connectivity index (χ1n) is 6.03. The smallest absolute Gasteiger partial charge is 0.346 e. The molecule has 0 bridgehead atoms. The van der Waals surface area contributed by atoms with Gasteiger partial charge in [0.25, 0.3) is 0 Å². The fourth-order valence-corrected chi connectivity index (χ4v) is 2.86. The van der Waals surface area contributed by atoms with Gasteiger partial charge in [-0.2, -0.15) is 0 Å². The highest BCUT2D eigenvalue weighted by Gasteiger charge is 2.18. The predicted octanol–water partition coefficient (Wildman–Crippen LogP) is 2.17. The summed E-state index contributed by atoms with van der Waals surface area (Å²) < 4.78 is 3.06. The Kier molecular flexibility index (Phi) is 4.29. The number of carbonyl (C=O) groups is 1. The number of aliphatic carboxylic acids is 1. The van der Waals surface area contributed by atoms with E-state index in [-0.39, 0.29) is 5.92 Å². The third-order valence-electron chi connectivity index (χ3n) is 2.55. The Labute approximate surface area is 124 Å². The van der Waals surface area contributed by atoms with Crippen molar-refractivity contribution in [3.8, 4) is 10.7 Å². The maximum atomic E-state index is 12.2. The first-order valence-corrected chi connectivity index (χ1v) is 7.23. The van der Waals surface area contributed by atoms with Crippen LogP contribution in [0.5, 0.6) is 0 Å². The van der Waals surface area contributed by atoms with Gasteiger partial charge in [0, 0.05) is 6.54 Å². The summed E-state index contributed by atoms with van der Waals surface area (Å²) in [6, 6.07) is 3.50. The second kappa shape index (κ2) is 5.80. The van der Waals surface area contributed by atoms with Gasteiger partial charge in [0.2, 0.25) is 0 Å². The van der Waals surface area contributed by atoms with E-state index in [1.807, 2.05) is 13.8 Å². The van der Waals surface area contributed by atoms with Gasteiger partial charge < -0.3 is 5.11 Å². The summed E-state index contributed by atoms with van der Waals surface area (Å²) in [4.78, 5) is 23.7. The molecule has 20 heavy (non-hydrogen) atoms. The zero-order valence-corrected chi connectivity index (χ0v) is 12.6. The largest absolute Gasteiger partial charge is 0.480 e. The molecule has 0 saturated heterocycles. The molecular formula is C12H14ClN3O3S. The van der Waals surface area contributed by atoms with Crippen molar-refractivity contribution in [3.63, 3.8) is 0 Å². The van der Waals surface area contributed by atoms with Crippen molar-refractivity contribution in [1.82, 2.24) is 14.3 Å². The zero-order valence-electron chi connectivity index (χ0n) is 11.0. The molecule has 0 unspecified atom stereocenters. The number of hydrogen-bond acceptors (Lipinski definition) is 4. The van der Waals surface area contributed by atoms with Gasteiger partial charge in [-0.15, -0.1) is 16.4 Å². The number of hydrogen-bond donors (Lipinski definition) is 1. The van der Waals surface area contributed by atoms with Gasteiger partial charge in [0.15, 0.2) is 5.82 Å². The van der Waals surface area contributed by atoms with E-state index in [0.29, 0.717) is 16.7 Å². The molecule has 0 spiro atoms. The fourth-order valence-electron chi connectivity index (χ4n) is 1.82. The Balaban J connectivity index is 2.53. The molecule has 1 N–H and O–H groups in total. The molecule has 0 aliphatic heterocycles. The summed E-state index contributed by atoms with van der Waals surface area (Å²) in [7, 11) is 0. The van der Waals surface area contributed by atoms with E-state index in [0.717, 1.165) is 9.56 Å². The first-order chi connectivity index (χ1) is 9.38. The van der Waals surface area contributed by atoms with E-state index in [1.165, 1.54) is 15.9 Å². The lowest BCUT2D eigenvalue weighted by atomic mass is 10.2. The summed E-state index contributed by atoms with van der Waals surface area (Å²) in [5, 5.41) is 12.9. The highest BCUT2D eigenvalue weighted by molar-refractivity contribution is 7.19. The number of thiophene rings is 1. The monoisotopic (exact) mass is 315 g/mol. The molecule has 0 radical (unpaired) electrons. The SMILES string of the molecule is CC(C)Cn1c(-c2ccc(Cl)s2)nn(CC(=O)O)c1=O. The van der Waals surface area contributed by atoms with E-state index < -0.39 is 18.2 Å². The van der Waals surface area contributed by atoms with Crippen LogP contribution in [-0.2, 0) is 17.9 Å². The predicted molar refractivity (Wildman–Crippen MR) is 77.3 cm³/mol. The Hall–Kier alpha value is -1.60. The van der Waals surface area contributed by atoms with Crippen LogP contribution < -0.4 is 5.69 Å².